The number of rotatable bonds is 1. The van der Waals surface area contributed by atoms with Crippen molar-refractivity contribution >= 4 is 0 Å². The predicted molar refractivity (Wildman–Crippen MR) is 38.9 cm³/mol. The quantitative estimate of drug-likeness (QED) is 0.475. The Bertz CT molecular complexity index is 148. The molecule has 0 radical (unpaired) electrons. The maximum atomic E-state index is 12.4. The summed E-state index contributed by atoms with van der Waals surface area (Å²) in [6.07, 6.45) is 1.90. The average molecular weight is 128 g/mol. The number of hydrogen-bond donors (Lipinski definition) is 0. The maximum absolute atomic E-state index is 12.4. The molecule has 0 amide bonds. The summed E-state index contributed by atoms with van der Waals surface area (Å²) in [6, 6.07) is 0. The molecule has 0 fully saturated rings. The molecule has 0 aromatic carbocycles. The van der Waals surface area contributed by atoms with Crippen molar-refractivity contribution < 1.29 is 4.39 Å². The lowest BCUT2D eigenvalue weighted by Gasteiger charge is -1.98. The Morgan fingerprint density at radius 1 is 1.22 bits per heavy atom. The van der Waals surface area contributed by atoms with E-state index >= 15 is 0 Å². The van der Waals surface area contributed by atoms with Crippen LogP contribution >= 0.6 is 0 Å². The van der Waals surface area contributed by atoms with E-state index in [9.17, 15) is 4.39 Å². The molecular weight excluding hydrogens is 115 g/mol. The van der Waals surface area contributed by atoms with Crippen LogP contribution in [-0.2, 0) is 0 Å². The number of halogens is 1. The molecule has 0 aliphatic rings. The third-order valence-electron chi connectivity index (χ3n) is 1.54. The summed E-state index contributed by atoms with van der Waals surface area (Å²) < 4.78 is 12.4. The van der Waals surface area contributed by atoms with E-state index in [1.807, 2.05) is 19.9 Å². The van der Waals surface area contributed by atoms with E-state index in [1.165, 1.54) is 6.92 Å². The molecule has 0 heterocycles. The van der Waals surface area contributed by atoms with Crippen LogP contribution < -0.4 is 0 Å². The van der Waals surface area contributed by atoms with Crippen LogP contribution in [0.25, 0.3) is 0 Å². The van der Waals surface area contributed by atoms with Crippen LogP contribution in [0.2, 0.25) is 0 Å². The lowest BCUT2D eigenvalue weighted by Crippen LogP contribution is -1.79. The van der Waals surface area contributed by atoms with Crippen molar-refractivity contribution in [1.82, 2.24) is 0 Å². The second-order valence-corrected chi connectivity index (χ2v) is 2.13. The number of hydrogen-bond acceptors (Lipinski definition) is 0. The van der Waals surface area contributed by atoms with E-state index in [2.05, 4.69) is 0 Å². The van der Waals surface area contributed by atoms with Crippen LogP contribution in [0.1, 0.15) is 27.7 Å². The normalized spacial score (nSPS) is 15.4. The molecule has 9 heavy (non-hydrogen) atoms. The van der Waals surface area contributed by atoms with Crippen molar-refractivity contribution in [3.8, 4) is 0 Å². The van der Waals surface area contributed by atoms with Gasteiger partial charge in [-0.3, -0.25) is 0 Å². The lowest BCUT2D eigenvalue weighted by atomic mass is 10.1. The fraction of sp³-hybridized carbons (Fsp3) is 0.500. The number of allylic oxidation sites excluding steroid dienone is 4. The molecule has 0 bridgehead atoms. The predicted octanol–water partition coefficient (Wildman–Crippen LogP) is 3.22. The minimum absolute atomic E-state index is 0.0920. The van der Waals surface area contributed by atoms with Gasteiger partial charge in [0.05, 0.1) is 5.83 Å². The Balaban J connectivity index is 4.40. The molecule has 0 spiro atoms. The molecule has 0 nitrogen and oxygen atoms in total. The van der Waals surface area contributed by atoms with Gasteiger partial charge >= 0.3 is 0 Å². The van der Waals surface area contributed by atoms with Gasteiger partial charge in [-0.1, -0.05) is 6.08 Å². The Morgan fingerprint density at radius 3 is 1.78 bits per heavy atom. The van der Waals surface area contributed by atoms with E-state index < -0.39 is 0 Å². The van der Waals surface area contributed by atoms with Gasteiger partial charge < -0.3 is 0 Å². The van der Waals surface area contributed by atoms with Gasteiger partial charge in [-0.25, -0.2) is 4.39 Å². The summed E-state index contributed by atoms with van der Waals surface area (Å²) in [5.41, 5.74) is 1.76. The smallest absolute Gasteiger partial charge is 0.1000 e. The van der Waals surface area contributed by atoms with Crippen LogP contribution in [0.3, 0.4) is 0 Å². The van der Waals surface area contributed by atoms with E-state index in [0.29, 0.717) is 0 Å². The summed E-state index contributed by atoms with van der Waals surface area (Å²) in [7, 11) is 0. The molecule has 0 aliphatic carbocycles. The SMILES string of the molecule is CC=C(C)C(C)=C(C)F. The van der Waals surface area contributed by atoms with Gasteiger partial charge in [-0.15, -0.1) is 0 Å². The highest BCUT2D eigenvalue weighted by atomic mass is 19.1. The Labute approximate surface area is 56.1 Å². The lowest BCUT2D eigenvalue weighted by molar-refractivity contribution is 0.629. The third kappa shape index (κ3) is 2.45. The van der Waals surface area contributed by atoms with Crippen molar-refractivity contribution in [2.45, 2.75) is 27.7 Å². The van der Waals surface area contributed by atoms with Gasteiger partial charge in [0.15, 0.2) is 0 Å². The van der Waals surface area contributed by atoms with Crippen molar-refractivity contribution in [2.24, 2.45) is 0 Å². The van der Waals surface area contributed by atoms with Crippen LogP contribution in [-0.4, -0.2) is 0 Å². The molecule has 0 aromatic rings. The monoisotopic (exact) mass is 128 g/mol. The fourth-order valence-electron chi connectivity index (χ4n) is 0.488. The highest BCUT2D eigenvalue weighted by molar-refractivity contribution is 5.27. The molecule has 1 heteroatoms. The molecule has 0 unspecified atom stereocenters. The zero-order valence-corrected chi connectivity index (χ0v) is 6.46. The van der Waals surface area contributed by atoms with Crippen LogP contribution in [0, 0.1) is 0 Å². The highest BCUT2D eigenvalue weighted by Gasteiger charge is 1.94. The van der Waals surface area contributed by atoms with Gasteiger partial charge in [0.25, 0.3) is 0 Å². The van der Waals surface area contributed by atoms with E-state index in [-0.39, 0.29) is 5.83 Å². The minimum atomic E-state index is -0.0920. The standard InChI is InChI=1S/C8H13F/c1-5-6(2)7(3)8(4)9/h5H,1-4H3. The van der Waals surface area contributed by atoms with Crippen LogP contribution in [0.4, 0.5) is 4.39 Å². The second-order valence-electron chi connectivity index (χ2n) is 2.13. The van der Waals surface area contributed by atoms with Gasteiger partial charge in [-0.05, 0) is 38.8 Å². The van der Waals surface area contributed by atoms with Crippen molar-refractivity contribution in [2.75, 3.05) is 0 Å². The van der Waals surface area contributed by atoms with Gasteiger partial charge in [0.1, 0.15) is 0 Å². The van der Waals surface area contributed by atoms with Gasteiger partial charge in [0, 0.05) is 0 Å². The fourth-order valence-corrected chi connectivity index (χ4v) is 0.488. The third-order valence-corrected chi connectivity index (χ3v) is 1.54. The Kier molecular flexibility index (Phi) is 3.21. The molecule has 0 aromatic heterocycles. The molecule has 0 saturated heterocycles. The Hall–Kier alpha value is -0.590. The second kappa shape index (κ2) is 3.44. The van der Waals surface area contributed by atoms with Crippen molar-refractivity contribution in [1.29, 1.82) is 0 Å². The molecule has 0 N–H and O–H groups in total. The van der Waals surface area contributed by atoms with E-state index in [1.54, 1.807) is 6.92 Å². The molecular formula is C8H13F. The summed E-state index contributed by atoms with van der Waals surface area (Å²) >= 11 is 0. The van der Waals surface area contributed by atoms with Gasteiger partial charge in [0.2, 0.25) is 0 Å². The minimum Gasteiger partial charge on any atom is -0.212 e. The first-order valence-electron chi connectivity index (χ1n) is 3.06. The molecule has 0 rings (SSSR count). The molecule has 52 valence electrons. The van der Waals surface area contributed by atoms with Crippen LogP contribution in [0.5, 0.6) is 0 Å². The first kappa shape index (κ1) is 8.41. The molecule has 0 aliphatic heterocycles. The zero-order valence-electron chi connectivity index (χ0n) is 6.46. The van der Waals surface area contributed by atoms with Crippen LogP contribution in [0.15, 0.2) is 23.0 Å². The highest BCUT2D eigenvalue weighted by Crippen LogP contribution is 2.13. The zero-order chi connectivity index (χ0) is 7.44. The summed E-state index contributed by atoms with van der Waals surface area (Å²) in [5.74, 6) is -0.0920. The first-order chi connectivity index (χ1) is 4.09. The first-order valence-corrected chi connectivity index (χ1v) is 3.06. The van der Waals surface area contributed by atoms with Crippen molar-refractivity contribution in [3.63, 3.8) is 0 Å². The summed E-state index contributed by atoms with van der Waals surface area (Å²) in [6.45, 7) is 7.06. The van der Waals surface area contributed by atoms with E-state index in [0.717, 1.165) is 11.1 Å². The molecule has 0 saturated carbocycles. The topological polar surface area (TPSA) is 0 Å². The molecule has 0 atom stereocenters. The summed E-state index contributed by atoms with van der Waals surface area (Å²) in [5, 5.41) is 0. The van der Waals surface area contributed by atoms with Crippen molar-refractivity contribution in [3.05, 3.63) is 23.0 Å². The van der Waals surface area contributed by atoms with E-state index in [4.69, 9.17) is 0 Å². The summed E-state index contributed by atoms with van der Waals surface area (Å²) in [4.78, 5) is 0. The van der Waals surface area contributed by atoms with Gasteiger partial charge in [-0.2, -0.15) is 0 Å². The maximum Gasteiger partial charge on any atom is 0.1000 e. The largest absolute Gasteiger partial charge is 0.212 e. The average Bonchev–Trinajstić information content (AvgIpc) is 1.84. The Morgan fingerprint density at radius 2 is 1.67 bits per heavy atom.